The molecule has 0 N–H and O–H groups in total. The van der Waals surface area contributed by atoms with Crippen LogP contribution < -0.4 is 0 Å². The minimum Gasteiger partial charge on any atom is -0.463 e. The van der Waals surface area contributed by atoms with Crippen LogP contribution in [0.2, 0.25) is 5.02 Å². The lowest BCUT2D eigenvalue weighted by atomic mass is 10.1. The number of rotatable bonds is 5. The van der Waals surface area contributed by atoms with E-state index in [-0.39, 0.29) is 12.4 Å². The van der Waals surface area contributed by atoms with Crippen molar-refractivity contribution < 1.29 is 14.3 Å². The van der Waals surface area contributed by atoms with Crippen molar-refractivity contribution in [2.75, 3.05) is 12.9 Å². The van der Waals surface area contributed by atoms with Crippen LogP contribution in [0.1, 0.15) is 17.3 Å². The monoisotopic (exact) mass is 284 g/mol. The fraction of sp³-hybridized carbons (Fsp3) is 0.231. The zero-order chi connectivity index (χ0) is 13.5. The number of hydrogen-bond acceptors (Lipinski definition) is 4. The number of carbonyl (C=O) groups excluding carboxylic acids is 2. The first-order chi connectivity index (χ1) is 8.58. The molecule has 0 fully saturated rings. The van der Waals surface area contributed by atoms with E-state index in [1.54, 1.807) is 30.8 Å². The van der Waals surface area contributed by atoms with Crippen LogP contribution in [0.25, 0.3) is 0 Å². The van der Waals surface area contributed by atoms with Crippen LogP contribution in [0.5, 0.6) is 0 Å². The van der Waals surface area contributed by atoms with Gasteiger partial charge in [-0.1, -0.05) is 11.6 Å². The molecule has 1 aromatic carbocycles. The average Bonchev–Trinajstić information content (AvgIpc) is 2.36. The highest BCUT2D eigenvalue weighted by molar-refractivity contribution is 7.98. The van der Waals surface area contributed by atoms with Gasteiger partial charge in [0.2, 0.25) is 0 Å². The van der Waals surface area contributed by atoms with Crippen molar-refractivity contribution in [3.05, 3.63) is 40.9 Å². The molecule has 1 aromatic rings. The number of esters is 1. The number of carbonyl (C=O) groups is 2. The highest BCUT2D eigenvalue weighted by Gasteiger charge is 2.08. The van der Waals surface area contributed by atoms with E-state index < -0.39 is 5.97 Å². The maximum atomic E-state index is 11.8. The van der Waals surface area contributed by atoms with Gasteiger partial charge in [0.15, 0.2) is 5.78 Å². The normalized spacial score (nSPS) is 10.6. The molecule has 0 amide bonds. The average molecular weight is 285 g/mol. The van der Waals surface area contributed by atoms with E-state index in [4.69, 9.17) is 11.6 Å². The van der Waals surface area contributed by atoms with Gasteiger partial charge in [-0.15, -0.1) is 11.8 Å². The summed E-state index contributed by atoms with van der Waals surface area (Å²) in [6.07, 6.45) is 4.19. The van der Waals surface area contributed by atoms with E-state index in [9.17, 15) is 9.59 Å². The molecule has 0 saturated carbocycles. The van der Waals surface area contributed by atoms with E-state index in [2.05, 4.69) is 4.74 Å². The lowest BCUT2D eigenvalue weighted by Crippen LogP contribution is -2.02. The quantitative estimate of drug-likeness (QED) is 0.360. The molecule has 0 aliphatic rings. The molecule has 96 valence electrons. The molecular formula is C13H13ClO3S. The second kappa shape index (κ2) is 7.24. The zero-order valence-corrected chi connectivity index (χ0v) is 11.7. The fourth-order valence-electron chi connectivity index (χ4n) is 1.25. The zero-order valence-electron chi connectivity index (χ0n) is 10.1. The number of thioether (sulfide) groups is 1. The lowest BCUT2D eigenvalue weighted by molar-refractivity contribution is -0.137. The molecular weight excluding hydrogens is 272 g/mol. The van der Waals surface area contributed by atoms with Gasteiger partial charge in [-0.25, -0.2) is 4.79 Å². The van der Waals surface area contributed by atoms with Gasteiger partial charge in [0.1, 0.15) is 0 Å². The van der Waals surface area contributed by atoms with E-state index in [1.807, 2.05) is 12.3 Å². The molecule has 5 heteroatoms. The Labute approximate surface area is 115 Å². The smallest absolute Gasteiger partial charge is 0.330 e. The molecule has 0 atom stereocenters. The van der Waals surface area contributed by atoms with E-state index in [0.717, 1.165) is 17.0 Å². The van der Waals surface area contributed by atoms with E-state index in [1.165, 1.54) is 0 Å². The van der Waals surface area contributed by atoms with Crippen molar-refractivity contribution in [3.8, 4) is 0 Å². The summed E-state index contributed by atoms with van der Waals surface area (Å²) in [6.45, 7) is 1.98. The standard InChI is InChI=1S/C13H13ClO3S/c1-3-17-13(16)7-6-12(15)10-5-4-9(18-2)8-11(10)14/h4-8H,3H2,1-2H3/b7-6+. The molecule has 18 heavy (non-hydrogen) atoms. The molecule has 0 heterocycles. The highest BCUT2D eigenvalue weighted by Crippen LogP contribution is 2.23. The van der Waals surface area contributed by atoms with Crippen molar-refractivity contribution in [2.24, 2.45) is 0 Å². The summed E-state index contributed by atoms with van der Waals surface area (Å²) >= 11 is 7.54. The van der Waals surface area contributed by atoms with Crippen molar-refractivity contribution >= 4 is 35.1 Å². The first kappa shape index (κ1) is 14.8. The Bertz CT molecular complexity index is 483. The number of benzene rings is 1. The van der Waals surface area contributed by atoms with Gasteiger partial charge in [-0.2, -0.15) is 0 Å². The molecule has 0 aliphatic carbocycles. The summed E-state index contributed by atoms with van der Waals surface area (Å²) in [5.74, 6) is -0.858. The Kier molecular flexibility index (Phi) is 5.95. The van der Waals surface area contributed by atoms with Crippen molar-refractivity contribution in [3.63, 3.8) is 0 Å². The molecule has 1 rings (SSSR count). The van der Waals surface area contributed by atoms with Crippen molar-refractivity contribution in [1.29, 1.82) is 0 Å². The first-order valence-corrected chi connectivity index (χ1v) is 6.91. The van der Waals surface area contributed by atoms with Crippen LogP contribution in [0.15, 0.2) is 35.2 Å². The van der Waals surface area contributed by atoms with Crippen LogP contribution in [-0.4, -0.2) is 24.6 Å². The largest absolute Gasteiger partial charge is 0.463 e. The number of allylic oxidation sites excluding steroid dienone is 1. The lowest BCUT2D eigenvalue weighted by Gasteiger charge is -2.02. The predicted molar refractivity (Wildman–Crippen MR) is 73.3 cm³/mol. The minimum atomic E-state index is -0.539. The number of hydrogen-bond donors (Lipinski definition) is 0. The van der Waals surface area contributed by atoms with Crippen LogP contribution in [0, 0.1) is 0 Å². The Morgan fingerprint density at radius 1 is 1.39 bits per heavy atom. The summed E-state index contributed by atoms with van der Waals surface area (Å²) < 4.78 is 4.68. The minimum absolute atomic E-state index is 0.278. The summed E-state index contributed by atoms with van der Waals surface area (Å²) in [5, 5.41) is 0.375. The molecule has 0 spiro atoms. The molecule has 0 saturated heterocycles. The Morgan fingerprint density at radius 3 is 2.67 bits per heavy atom. The van der Waals surface area contributed by atoms with E-state index in [0.29, 0.717) is 10.6 Å². The summed E-state index contributed by atoms with van der Waals surface area (Å²) in [7, 11) is 0. The van der Waals surface area contributed by atoms with Crippen LogP contribution >= 0.6 is 23.4 Å². The van der Waals surface area contributed by atoms with E-state index >= 15 is 0 Å². The summed E-state index contributed by atoms with van der Waals surface area (Å²) in [5.41, 5.74) is 0.370. The summed E-state index contributed by atoms with van der Waals surface area (Å²) in [4.78, 5) is 23.8. The highest BCUT2D eigenvalue weighted by atomic mass is 35.5. The third-order valence-electron chi connectivity index (χ3n) is 2.10. The van der Waals surface area contributed by atoms with Gasteiger partial charge in [-0.05, 0) is 37.5 Å². The molecule has 0 aromatic heterocycles. The predicted octanol–water partition coefficient (Wildman–Crippen LogP) is 3.36. The van der Waals surface area contributed by atoms with Gasteiger partial charge < -0.3 is 4.74 Å². The first-order valence-electron chi connectivity index (χ1n) is 5.31. The van der Waals surface area contributed by atoms with Crippen LogP contribution in [0.4, 0.5) is 0 Å². The molecule has 0 radical (unpaired) electrons. The maximum Gasteiger partial charge on any atom is 0.330 e. The maximum absolute atomic E-state index is 11.8. The molecule has 0 bridgehead atoms. The van der Waals surface area contributed by atoms with Gasteiger partial charge in [0.25, 0.3) is 0 Å². The second-order valence-electron chi connectivity index (χ2n) is 3.30. The van der Waals surface area contributed by atoms with Crippen molar-refractivity contribution in [1.82, 2.24) is 0 Å². The second-order valence-corrected chi connectivity index (χ2v) is 4.58. The molecule has 0 unspecified atom stereocenters. The van der Waals surface area contributed by atoms with Gasteiger partial charge in [0.05, 0.1) is 11.6 Å². The van der Waals surface area contributed by atoms with Gasteiger partial charge in [0, 0.05) is 16.5 Å². The Morgan fingerprint density at radius 2 is 2.11 bits per heavy atom. The topological polar surface area (TPSA) is 43.4 Å². The van der Waals surface area contributed by atoms with Crippen molar-refractivity contribution in [2.45, 2.75) is 11.8 Å². The van der Waals surface area contributed by atoms with Gasteiger partial charge in [-0.3, -0.25) is 4.79 Å². The fourth-order valence-corrected chi connectivity index (χ4v) is 2.02. The Balaban J connectivity index is 2.81. The third kappa shape index (κ3) is 4.20. The number of ketones is 1. The van der Waals surface area contributed by atoms with Gasteiger partial charge >= 0.3 is 5.97 Å². The molecule has 0 aliphatic heterocycles. The number of halogens is 1. The SMILES string of the molecule is CCOC(=O)/C=C/C(=O)c1ccc(SC)cc1Cl. The number of ether oxygens (including phenoxy) is 1. The summed E-state index contributed by atoms with van der Waals surface area (Å²) in [6, 6.07) is 5.17. The third-order valence-corrected chi connectivity index (χ3v) is 3.14. The van der Waals surface area contributed by atoms with Crippen LogP contribution in [-0.2, 0) is 9.53 Å². The van der Waals surface area contributed by atoms with Crippen LogP contribution in [0.3, 0.4) is 0 Å². The Hall–Kier alpha value is -1.26. The molecule has 3 nitrogen and oxygen atoms in total.